The summed E-state index contributed by atoms with van der Waals surface area (Å²) in [4.78, 5) is 36.9. The number of fused-ring (bicyclic) bond motifs is 1. The van der Waals surface area contributed by atoms with E-state index in [2.05, 4.69) is 36.4 Å². The van der Waals surface area contributed by atoms with Crippen molar-refractivity contribution in [1.29, 1.82) is 0 Å². The number of rotatable bonds is 8. The molecule has 3 aromatic carbocycles. The molecule has 2 aliphatic rings. The average molecular weight is 474 g/mol. The first-order valence-corrected chi connectivity index (χ1v) is 12.4. The summed E-state index contributed by atoms with van der Waals surface area (Å²) in [5, 5.41) is 6.89. The molecule has 1 fully saturated rings. The summed E-state index contributed by atoms with van der Waals surface area (Å²) >= 11 is 1.92. The van der Waals surface area contributed by atoms with E-state index in [0.29, 0.717) is 17.7 Å². The van der Waals surface area contributed by atoms with Gasteiger partial charge in [-0.3, -0.25) is 19.3 Å². The van der Waals surface area contributed by atoms with Gasteiger partial charge in [0.1, 0.15) is 0 Å². The number of hydrogen-bond acceptors (Lipinski definition) is 4. The van der Waals surface area contributed by atoms with E-state index >= 15 is 0 Å². The number of imide groups is 1. The number of carboxylic acid groups (broad SMARTS) is 1. The molecular weight excluding hydrogens is 446 g/mol. The van der Waals surface area contributed by atoms with Crippen LogP contribution in [0.5, 0.6) is 0 Å². The van der Waals surface area contributed by atoms with Crippen molar-refractivity contribution in [1.82, 2.24) is 4.90 Å². The summed E-state index contributed by atoms with van der Waals surface area (Å²) in [6.45, 7) is 0.135. The molecule has 1 aliphatic carbocycles. The Morgan fingerprint density at radius 3 is 2.00 bits per heavy atom. The highest BCUT2D eigenvalue weighted by atomic mass is 32.2. The summed E-state index contributed by atoms with van der Waals surface area (Å²) in [5.41, 5.74) is 3.39. The van der Waals surface area contributed by atoms with Crippen molar-refractivity contribution in [2.45, 2.75) is 30.1 Å². The van der Waals surface area contributed by atoms with E-state index in [1.165, 1.54) is 34.0 Å². The third-order valence-corrected chi connectivity index (χ3v) is 7.38. The second-order valence-corrected chi connectivity index (χ2v) is 9.68. The Balaban J connectivity index is 0.000000868. The SMILES string of the molecule is O=C1c2ccccc2C(=O)N1CC(Cc1ccccc1)c1ccc(SCC2CC2)cc1.O=CO. The lowest BCUT2D eigenvalue weighted by molar-refractivity contribution is -0.122. The first kappa shape index (κ1) is 23.8. The van der Waals surface area contributed by atoms with Crippen LogP contribution >= 0.6 is 11.8 Å². The van der Waals surface area contributed by atoms with Crippen LogP contribution in [0.2, 0.25) is 0 Å². The van der Waals surface area contributed by atoms with Crippen molar-refractivity contribution in [3.05, 3.63) is 101 Å². The highest BCUT2D eigenvalue weighted by Gasteiger charge is 2.36. The molecule has 3 aromatic rings. The van der Waals surface area contributed by atoms with E-state index in [4.69, 9.17) is 9.90 Å². The van der Waals surface area contributed by atoms with Crippen LogP contribution in [-0.4, -0.2) is 40.6 Å². The van der Waals surface area contributed by atoms with E-state index in [-0.39, 0.29) is 24.2 Å². The minimum absolute atomic E-state index is 0.0482. The molecule has 0 saturated heterocycles. The van der Waals surface area contributed by atoms with Crippen molar-refractivity contribution in [2.75, 3.05) is 12.3 Å². The van der Waals surface area contributed by atoms with Crippen LogP contribution in [0.4, 0.5) is 0 Å². The molecule has 1 atom stereocenters. The summed E-state index contributed by atoms with van der Waals surface area (Å²) < 4.78 is 0. The molecule has 1 saturated carbocycles. The van der Waals surface area contributed by atoms with Gasteiger partial charge in [0.05, 0.1) is 11.1 Å². The Bertz CT molecular complexity index is 1110. The molecule has 0 aromatic heterocycles. The van der Waals surface area contributed by atoms with Gasteiger partial charge in [-0.15, -0.1) is 11.8 Å². The molecule has 1 heterocycles. The van der Waals surface area contributed by atoms with Crippen LogP contribution in [0.3, 0.4) is 0 Å². The molecule has 0 spiro atoms. The third kappa shape index (κ3) is 5.75. The van der Waals surface area contributed by atoms with Gasteiger partial charge in [-0.2, -0.15) is 0 Å². The summed E-state index contributed by atoms with van der Waals surface area (Å²) in [5.74, 6) is 1.77. The monoisotopic (exact) mass is 473 g/mol. The third-order valence-electron chi connectivity index (χ3n) is 6.14. The first-order valence-electron chi connectivity index (χ1n) is 11.4. The molecule has 34 heavy (non-hydrogen) atoms. The van der Waals surface area contributed by atoms with Gasteiger partial charge in [-0.1, -0.05) is 54.6 Å². The van der Waals surface area contributed by atoms with Crippen molar-refractivity contribution in [3.8, 4) is 0 Å². The van der Waals surface area contributed by atoms with Gasteiger partial charge in [0.25, 0.3) is 18.3 Å². The maximum atomic E-state index is 12.9. The van der Waals surface area contributed by atoms with Crippen molar-refractivity contribution in [3.63, 3.8) is 0 Å². The van der Waals surface area contributed by atoms with Crippen LogP contribution in [0, 0.1) is 5.92 Å². The van der Waals surface area contributed by atoms with E-state index in [0.717, 1.165) is 17.9 Å². The zero-order chi connectivity index (χ0) is 23.9. The topological polar surface area (TPSA) is 74.7 Å². The van der Waals surface area contributed by atoms with Gasteiger partial charge in [-0.05, 0) is 60.6 Å². The lowest BCUT2D eigenvalue weighted by atomic mass is 9.91. The first-order chi connectivity index (χ1) is 16.6. The van der Waals surface area contributed by atoms with Gasteiger partial charge in [-0.25, -0.2) is 0 Å². The number of carbonyl (C=O) groups excluding carboxylic acids is 2. The minimum Gasteiger partial charge on any atom is -0.483 e. The molecule has 6 heteroatoms. The molecule has 1 unspecified atom stereocenters. The number of thioether (sulfide) groups is 1. The number of nitrogens with zero attached hydrogens (tertiary/aromatic N) is 1. The maximum Gasteiger partial charge on any atom is 0.290 e. The molecule has 0 bridgehead atoms. The predicted molar refractivity (Wildman–Crippen MR) is 133 cm³/mol. The van der Waals surface area contributed by atoms with Crippen LogP contribution in [-0.2, 0) is 11.2 Å². The second kappa shape index (κ2) is 11.2. The minimum atomic E-state index is -0.250. The normalized spacial score (nSPS) is 15.4. The lowest BCUT2D eigenvalue weighted by Crippen LogP contribution is -2.34. The molecule has 5 rings (SSSR count). The quantitative estimate of drug-likeness (QED) is 0.265. The van der Waals surface area contributed by atoms with E-state index < -0.39 is 0 Å². The predicted octanol–water partition coefficient (Wildman–Crippen LogP) is 5.51. The summed E-state index contributed by atoms with van der Waals surface area (Å²) in [7, 11) is 0. The van der Waals surface area contributed by atoms with Crippen molar-refractivity contribution < 1.29 is 19.5 Å². The van der Waals surface area contributed by atoms with E-state index in [9.17, 15) is 9.59 Å². The molecule has 1 N–H and O–H groups in total. The number of carbonyl (C=O) groups is 3. The molecule has 0 radical (unpaired) electrons. The van der Waals surface area contributed by atoms with Crippen molar-refractivity contribution >= 4 is 30.0 Å². The van der Waals surface area contributed by atoms with Crippen LogP contribution in [0.1, 0.15) is 50.6 Å². The highest BCUT2D eigenvalue weighted by Crippen LogP contribution is 2.35. The van der Waals surface area contributed by atoms with Gasteiger partial charge >= 0.3 is 0 Å². The second-order valence-electron chi connectivity index (χ2n) is 8.58. The van der Waals surface area contributed by atoms with E-state index in [1.807, 2.05) is 42.1 Å². The number of benzene rings is 3. The zero-order valence-electron chi connectivity index (χ0n) is 18.8. The fraction of sp³-hybridized carbons (Fsp3) is 0.250. The van der Waals surface area contributed by atoms with Crippen LogP contribution in [0.15, 0.2) is 83.8 Å². The standard InChI is InChI=1S/C27H25NO2S.CH2O2/c29-26-24-8-4-5-9-25(24)27(30)28(26)17-22(16-19-6-2-1-3-7-19)21-12-14-23(15-13-21)31-18-20-10-11-20;2-1-3/h1-9,12-15,20,22H,10-11,16-18H2;1H,(H,2,3). The summed E-state index contributed by atoms with van der Waals surface area (Å²) in [6, 6.07) is 26.1. The smallest absolute Gasteiger partial charge is 0.290 e. The van der Waals surface area contributed by atoms with Gasteiger partial charge in [0, 0.05) is 23.1 Å². The fourth-order valence-electron chi connectivity index (χ4n) is 4.15. The highest BCUT2D eigenvalue weighted by molar-refractivity contribution is 7.99. The molecule has 2 amide bonds. The Kier molecular flexibility index (Phi) is 7.80. The van der Waals surface area contributed by atoms with E-state index in [1.54, 1.807) is 12.1 Å². The molecule has 5 nitrogen and oxygen atoms in total. The van der Waals surface area contributed by atoms with Gasteiger partial charge in [0.2, 0.25) is 0 Å². The van der Waals surface area contributed by atoms with Gasteiger partial charge < -0.3 is 5.11 Å². The van der Waals surface area contributed by atoms with Gasteiger partial charge in [0.15, 0.2) is 0 Å². The summed E-state index contributed by atoms with van der Waals surface area (Å²) in [6.07, 6.45) is 3.51. The number of hydrogen-bond donors (Lipinski definition) is 1. The average Bonchev–Trinajstić information content (AvgIpc) is 3.67. The van der Waals surface area contributed by atoms with Crippen LogP contribution in [0.25, 0.3) is 0 Å². The maximum absolute atomic E-state index is 12.9. The molecule has 1 aliphatic heterocycles. The number of amides is 2. The Hall–Kier alpha value is -3.38. The largest absolute Gasteiger partial charge is 0.483 e. The zero-order valence-corrected chi connectivity index (χ0v) is 19.6. The van der Waals surface area contributed by atoms with Crippen molar-refractivity contribution in [2.24, 2.45) is 5.92 Å². The molecular formula is C28H27NO4S. The molecule has 174 valence electrons. The Labute approximate surface area is 203 Å². The Morgan fingerprint density at radius 2 is 1.44 bits per heavy atom. The van der Waals surface area contributed by atoms with Crippen LogP contribution < -0.4 is 0 Å². The lowest BCUT2D eigenvalue weighted by Gasteiger charge is -2.23. The fourth-order valence-corrected chi connectivity index (χ4v) is 5.24. The Morgan fingerprint density at radius 1 is 0.882 bits per heavy atom.